The zero-order valence-corrected chi connectivity index (χ0v) is 11.8. The average molecular weight is 267 g/mol. The Morgan fingerprint density at radius 3 is 2.22 bits per heavy atom. The maximum absolute atomic E-state index is 5.91. The van der Waals surface area contributed by atoms with Gasteiger partial charge in [-0.25, -0.2) is 4.68 Å². The standard InChI is InChI=1S/C11H15ClN6/c1-6-7(2)16-18(8(6)3)11-14-9(12)13-10(15-11)17(4)5/h1-5H3. The van der Waals surface area contributed by atoms with Crippen LogP contribution in [0.3, 0.4) is 0 Å². The molecule has 0 N–H and O–H groups in total. The van der Waals surface area contributed by atoms with Gasteiger partial charge in [0.05, 0.1) is 5.69 Å². The Balaban J connectivity index is 2.60. The summed E-state index contributed by atoms with van der Waals surface area (Å²) in [6.07, 6.45) is 0. The molecule has 0 spiro atoms. The molecule has 0 aromatic carbocycles. The van der Waals surface area contributed by atoms with E-state index in [-0.39, 0.29) is 5.28 Å². The van der Waals surface area contributed by atoms with Crippen LogP contribution in [0.4, 0.5) is 5.95 Å². The Morgan fingerprint density at radius 2 is 1.72 bits per heavy atom. The van der Waals surface area contributed by atoms with Crippen molar-refractivity contribution in [2.24, 2.45) is 0 Å². The van der Waals surface area contributed by atoms with Gasteiger partial charge in [0.1, 0.15) is 0 Å². The van der Waals surface area contributed by atoms with Gasteiger partial charge in [-0.1, -0.05) is 0 Å². The summed E-state index contributed by atoms with van der Waals surface area (Å²) in [4.78, 5) is 14.3. The monoisotopic (exact) mass is 266 g/mol. The van der Waals surface area contributed by atoms with E-state index in [0.29, 0.717) is 11.9 Å². The van der Waals surface area contributed by atoms with Gasteiger partial charge in [-0.2, -0.15) is 20.1 Å². The highest BCUT2D eigenvalue weighted by molar-refractivity contribution is 6.28. The van der Waals surface area contributed by atoms with Crippen molar-refractivity contribution in [2.45, 2.75) is 20.8 Å². The first-order chi connectivity index (χ1) is 8.40. The topological polar surface area (TPSA) is 59.7 Å². The Labute approximate surface area is 111 Å². The van der Waals surface area contributed by atoms with Crippen molar-refractivity contribution in [3.63, 3.8) is 0 Å². The van der Waals surface area contributed by atoms with Crippen molar-refractivity contribution in [2.75, 3.05) is 19.0 Å². The van der Waals surface area contributed by atoms with Crippen LogP contribution in [0.5, 0.6) is 0 Å². The lowest BCUT2D eigenvalue weighted by molar-refractivity contribution is 0.759. The molecule has 0 aliphatic carbocycles. The van der Waals surface area contributed by atoms with Crippen LogP contribution in [0.1, 0.15) is 17.0 Å². The van der Waals surface area contributed by atoms with E-state index >= 15 is 0 Å². The molecule has 0 saturated carbocycles. The zero-order valence-electron chi connectivity index (χ0n) is 11.1. The molecule has 2 aromatic heterocycles. The molecule has 6 nitrogen and oxygen atoms in total. The molecule has 18 heavy (non-hydrogen) atoms. The minimum absolute atomic E-state index is 0.161. The highest BCUT2D eigenvalue weighted by atomic mass is 35.5. The number of hydrogen-bond donors (Lipinski definition) is 0. The van der Waals surface area contributed by atoms with Crippen LogP contribution in [0.15, 0.2) is 0 Å². The molecule has 0 fully saturated rings. The van der Waals surface area contributed by atoms with Gasteiger partial charge in [0.25, 0.3) is 5.95 Å². The first-order valence-corrected chi connectivity index (χ1v) is 5.90. The average Bonchev–Trinajstić information content (AvgIpc) is 2.56. The van der Waals surface area contributed by atoms with Crippen LogP contribution in [0.25, 0.3) is 5.95 Å². The second-order valence-electron chi connectivity index (χ2n) is 4.31. The predicted octanol–water partition coefficient (Wildman–Crippen LogP) is 1.70. The van der Waals surface area contributed by atoms with Crippen LogP contribution < -0.4 is 4.90 Å². The van der Waals surface area contributed by atoms with E-state index in [4.69, 9.17) is 11.6 Å². The summed E-state index contributed by atoms with van der Waals surface area (Å²) in [6.45, 7) is 5.95. The molecule has 0 bridgehead atoms. The third-order valence-corrected chi connectivity index (χ3v) is 3.00. The Bertz CT molecular complexity index is 589. The van der Waals surface area contributed by atoms with E-state index in [2.05, 4.69) is 20.1 Å². The maximum atomic E-state index is 5.91. The second kappa shape index (κ2) is 4.53. The smallest absolute Gasteiger partial charge is 0.256 e. The summed E-state index contributed by atoms with van der Waals surface area (Å²) in [6, 6.07) is 0. The summed E-state index contributed by atoms with van der Waals surface area (Å²) < 4.78 is 1.69. The highest BCUT2D eigenvalue weighted by Gasteiger charge is 2.14. The molecule has 0 saturated heterocycles. The van der Waals surface area contributed by atoms with E-state index in [9.17, 15) is 0 Å². The van der Waals surface area contributed by atoms with Crippen LogP contribution in [0.2, 0.25) is 5.28 Å². The molecule has 2 rings (SSSR count). The SMILES string of the molecule is Cc1nn(-c2nc(Cl)nc(N(C)C)n2)c(C)c1C. The predicted molar refractivity (Wildman–Crippen MR) is 70.5 cm³/mol. The van der Waals surface area contributed by atoms with Gasteiger partial charge in [-0.3, -0.25) is 0 Å². The Kier molecular flexibility index (Phi) is 3.21. The first kappa shape index (κ1) is 12.8. The number of nitrogens with zero attached hydrogens (tertiary/aromatic N) is 6. The Morgan fingerprint density at radius 1 is 1.06 bits per heavy atom. The summed E-state index contributed by atoms with van der Waals surface area (Å²) in [7, 11) is 3.70. The molecular weight excluding hydrogens is 252 g/mol. The minimum Gasteiger partial charge on any atom is -0.347 e. The van der Waals surface area contributed by atoms with Gasteiger partial charge in [-0.05, 0) is 37.9 Å². The quantitative estimate of drug-likeness (QED) is 0.828. The molecule has 2 aromatic rings. The van der Waals surface area contributed by atoms with E-state index < -0.39 is 0 Å². The van der Waals surface area contributed by atoms with Crippen LogP contribution in [0, 0.1) is 20.8 Å². The summed E-state index contributed by atoms with van der Waals surface area (Å²) in [5.41, 5.74) is 3.08. The van der Waals surface area contributed by atoms with Gasteiger partial charge >= 0.3 is 0 Å². The fourth-order valence-corrected chi connectivity index (χ4v) is 1.69. The van der Waals surface area contributed by atoms with Crippen molar-refractivity contribution >= 4 is 17.5 Å². The molecule has 96 valence electrons. The molecule has 0 unspecified atom stereocenters. The van der Waals surface area contributed by atoms with Crippen molar-refractivity contribution in [1.29, 1.82) is 0 Å². The molecule has 0 radical (unpaired) electrons. The van der Waals surface area contributed by atoms with E-state index in [1.54, 1.807) is 9.58 Å². The van der Waals surface area contributed by atoms with Crippen molar-refractivity contribution < 1.29 is 0 Å². The first-order valence-electron chi connectivity index (χ1n) is 5.52. The highest BCUT2D eigenvalue weighted by Crippen LogP contribution is 2.16. The lowest BCUT2D eigenvalue weighted by Gasteiger charge is -2.11. The van der Waals surface area contributed by atoms with Gasteiger partial charge in [0.2, 0.25) is 11.2 Å². The molecular formula is C11H15ClN6. The minimum atomic E-state index is 0.161. The lowest BCUT2D eigenvalue weighted by atomic mass is 10.2. The van der Waals surface area contributed by atoms with Gasteiger partial charge in [-0.15, -0.1) is 0 Å². The van der Waals surface area contributed by atoms with E-state index in [1.165, 1.54) is 0 Å². The Hall–Kier alpha value is -1.69. The third kappa shape index (κ3) is 2.15. The fourth-order valence-electron chi connectivity index (χ4n) is 1.54. The molecule has 7 heteroatoms. The lowest BCUT2D eigenvalue weighted by Crippen LogP contribution is -2.16. The van der Waals surface area contributed by atoms with E-state index in [1.807, 2.05) is 34.9 Å². The number of halogens is 1. The largest absolute Gasteiger partial charge is 0.347 e. The number of anilines is 1. The van der Waals surface area contributed by atoms with Crippen LogP contribution in [-0.4, -0.2) is 38.8 Å². The van der Waals surface area contributed by atoms with Crippen LogP contribution in [-0.2, 0) is 0 Å². The van der Waals surface area contributed by atoms with Gasteiger partial charge in [0.15, 0.2) is 0 Å². The van der Waals surface area contributed by atoms with Crippen LogP contribution >= 0.6 is 11.6 Å². The van der Waals surface area contributed by atoms with Crippen molar-refractivity contribution in [3.05, 3.63) is 22.2 Å². The van der Waals surface area contributed by atoms with Crippen molar-refractivity contribution in [3.8, 4) is 5.95 Å². The number of aryl methyl sites for hydroxylation is 1. The summed E-state index contributed by atoms with van der Waals surface area (Å²) in [5, 5.41) is 4.57. The van der Waals surface area contributed by atoms with Gasteiger partial charge < -0.3 is 4.90 Å². The molecule has 0 aliphatic rings. The van der Waals surface area contributed by atoms with Crippen molar-refractivity contribution in [1.82, 2.24) is 24.7 Å². The number of aromatic nitrogens is 5. The summed E-state index contributed by atoms with van der Waals surface area (Å²) >= 11 is 5.91. The summed E-state index contributed by atoms with van der Waals surface area (Å²) in [5.74, 6) is 0.947. The normalized spacial score (nSPS) is 10.8. The van der Waals surface area contributed by atoms with E-state index in [0.717, 1.165) is 17.0 Å². The number of rotatable bonds is 2. The second-order valence-corrected chi connectivity index (χ2v) is 4.64. The third-order valence-electron chi connectivity index (χ3n) is 2.83. The molecule has 0 aliphatic heterocycles. The molecule has 0 amide bonds. The molecule has 0 atom stereocenters. The maximum Gasteiger partial charge on any atom is 0.256 e. The zero-order chi connectivity index (χ0) is 13.4. The number of hydrogen-bond acceptors (Lipinski definition) is 5. The van der Waals surface area contributed by atoms with Gasteiger partial charge in [0, 0.05) is 19.8 Å². The fraction of sp³-hybridized carbons (Fsp3) is 0.455. The molecule has 2 heterocycles.